The Morgan fingerprint density at radius 3 is 2.58 bits per heavy atom. The quantitative estimate of drug-likeness (QED) is 0.408. The van der Waals surface area contributed by atoms with E-state index in [0.717, 1.165) is 44.4 Å². The number of guanidine groups is 1. The Hall–Kier alpha value is -1.48. The van der Waals surface area contributed by atoms with E-state index in [1.54, 1.807) is 7.11 Å². The van der Waals surface area contributed by atoms with Crippen LogP contribution in [0, 0.1) is 6.92 Å². The Bertz CT molecular complexity index is 726. The number of aryl methyl sites for hydroxylation is 1. The molecule has 1 aromatic carbocycles. The number of rotatable bonds is 4. The van der Waals surface area contributed by atoms with Crippen LogP contribution in [-0.4, -0.2) is 51.2 Å². The van der Waals surface area contributed by atoms with Gasteiger partial charge in [-0.15, -0.1) is 35.3 Å². The third-order valence-electron chi connectivity index (χ3n) is 4.43. The average Bonchev–Trinajstić information content (AvgIpc) is 3.08. The van der Waals surface area contributed by atoms with Gasteiger partial charge in [-0.25, -0.2) is 0 Å². The summed E-state index contributed by atoms with van der Waals surface area (Å²) >= 11 is 1.83. The van der Waals surface area contributed by atoms with Gasteiger partial charge in [-0.1, -0.05) is 6.07 Å². The van der Waals surface area contributed by atoms with Crippen LogP contribution in [0.3, 0.4) is 0 Å². The first-order valence-electron chi connectivity index (χ1n) is 8.59. The molecule has 1 fully saturated rings. The molecule has 1 aliphatic heterocycles. The molecule has 2 heterocycles. The van der Waals surface area contributed by atoms with Gasteiger partial charge in [-0.05, 0) is 31.2 Å². The summed E-state index contributed by atoms with van der Waals surface area (Å²) < 4.78 is 5.33. The van der Waals surface area contributed by atoms with Crippen LogP contribution in [0.25, 0.3) is 0 Å². The Labute approximate surface area is 177 Å². The molecule has 0 spiro atoms. The van der Waals surface area contributed by atoms with Crippen LogP contribution in [0.4, 0.5) is 5.69 Å². The standard InChI is InChI=1S/C19H26N4OS.HI/c1-15-7-8-18(25-15)14-21-19(20-2)23-11-9-22(10-12-23)16-5-4-6-17(13-16)24-3;/h4-8,13H,9-12,14H2,1-3H3,(H,20,21);1H. The van der Waals surface area contributed by atoms with Crippen LogP contribution in [0.1, 0.15) is 9.75 Å². The van der Waals surface area contributed by atoms with Crippen LogP contribution in [0.5, 0.6) is 5.75 Å². The maximum atomic E-state index is 5.33. The molecule has 1 N–H and O–H groups in total. The fourth-order valence-corrected chi connectivity index (χ4v) is 3.89. The fraction of sp³-hybridized carbons (Fsp3) is 0.421. The Kier molecular flexibility index (Phi) is 8.02. The van der Waals surface area contributed by atoms with Crippen LogP contribution >= 0.6 is 35.3 Å². The van der Waals surface area contributed by atoms with Crippen molar-refractivity contribution in [3.63, 3.8) is 0 Å². The topological polar surface area (TPSA) is 40.1 Å². The summed E-state index contributed by atoms with van der Waals surface area (Å²) in [6, 6.07) is 12.6. The first-order chi connectivity index (χ1) is 12.2. The van der Waals surface area contributed by atoms with Crippen molar-refractivity contribution in [2.75, 3.05) is 45.2 Å². The van der Waals surface area contributed by atoms with Crippen molar-refractivity contribution in [2.45, 2.75) is 13.5 Å². The molecule has 5 nitrogen and oxygen atoms in total. The lowest BCUT2D eigenvalue weighted by Crippen LogP contribution is -2.52. The zero-order valence-electron chi connectivity index (χ0n) is 15.6. The van der Waals surface area contributed by atoms with E-state index < -0.39 is 0 Å². The first kappa shape index (κ1) is 20.8. The van der Waals surface area contributed by atoms with E-state index in [0.29, 0.717) is 0 Å². The van der Waals surface area contributed by atoms with Crippen molar-refractivity contribution in [3.8, 4) is 5.75 Å². The molecule has 1 aliphatic rings. The van der Waals surface area contributed by atoms with Crippen molar-refractivity contribution < 1.29 is 4.74 Å². The van der Waals surface area contributed by atoms with Crippen LogP contribution in [0.15, 0.2) is 41.4 Å². The molecule has 2 aromatic rings. The second-order valence-corrected chi connectivity index (χ2v) is 7.46. The molecule has 1 saturated heterocycles. The van der Waals surface area contributed by atoms with Gasteiger partial charge in [-0.3, -0.25) is 4.99 Å². The monoisotopic (exact) mass is 486 g/mol. The summed E-state index contributed by atoms with van der Waals surface area (Å²) in [6.45, 7) is 6.85. The first-order valence-corrected chi connectivity index (χ1v) is 9.41. The number of halogens is 1. The van der Waals surface area contributed by atoms with Crippen LogP contribution < -0.4 is 15.0 Å². The molecule has 0 bridgehead atoms. The van der Waals surface area contributed by atoms with Crippen molar-refractivity contribution in [2.24, 2.45) is 4.99 Å². The molecule has 3 rings (SSSR count). The van der Waals surface area contributed by atoms with E-state index in [2.05, 4.69) is 51.3 Å². The Morgan fingerprint density at radius 2 is 1.96 bits per heavy atom. The maximum absolute atomic E-state index is 5.33. The molecular weight excluding hydrogens is 459 g/mol. The number of thiophene rings is 1. The molecule has 142 valence electrons. The van der Waals surface area contributed by atoms with Gasteiger partial charge in [0, 0.05) is 54.7 Å². The molecule has 0 unspecified atom stereocenters. The number of ether oxygens (including phenoxy) is 1. The molecule has 0 saturated carbocycles. The van der Waals surface area contributed by atoms with Crippen LogP contribution in [0.2, 0.25) is 0 Å². The predicted molar refractivity (Wildman–Crippen MR) is 121 cm³/mol. The third-order valence-corrected chi connectivity index (χ3v) is 5.43. The van der Waals surface area contributed by atoms with Gasteiger partial charge in [-0.2, -0.15) is 0 Å². The number of piperazine rings is 1. The molecule has 26 heavy (non-hydrogen) atoms. The molecule has 0 amide bonds. The summed E-state index contributed by atoms with van der Waals surface area (Å²) in [5.41, 5.74) is 1.22. The third kappa shape index (κ3) is 5.26. The van der Waals surface area contributed by atoms with Gasteiger partial charge >= 0.3 is 0 Å². The summed E-state index contributed by atoms with van der Waals surface area (Å²) in [5, 5.41) is 3.49. The summed E-state index contributed by atoms with van der Waals surface area (Å²) in [5.74, 6) is 1.89. The van der Waals surface area contributed by atoms with Gasteiger partial charge in [0.25, 0.3) is 0 Å². The fourth-order valence-electron chi connectivity index (χ4n) is 3.06. The normalized spacial score (nSPS) is 14.8. The zero-order chi connectivity index (χ0) is 17.6. The predicted octanol–water partition coefficient (Wildman–Crippen LogP) is 3.58. The SMILES string of the molecule is CN=C(NCc1ccc(C)s1)N1CCN(c2cccc(OC)c2)CC1.I. The van der Waals surface area contributed by atoms with E-state index >= 15 is 0 Å². The number of nitrogens with one attached hydrogen (secondary N) is 1. The van der Waals surface area contributed by atoms with Crippen LogP contribution in [-0.2, 0) is 6.54 Å². The van der Waals surface area contributed by atoms with Gasteiger partial charge < -0.3 is 19.9 Å². The lowest BCUT2D eigenvalue weighted by Gasteiger charge is -2.37. The lowest BCUT2D eigenvalue weighted by atomic mass is 10.2. The highest BCUT2D eigenvalue weighted by Crippen LogP contribution is 2.22. The Morgan fingerprint density at radius 1 is 1.19 bits per heavy atom. The van der Waals surface area contributed by atoms with E-state index in [-0.39, 0.29) is 24.0 Å². The largest absolute Gasteiger partial charge is 0.497 e. The summed E-state index contributed by atoms with van der Waals surface area (Å²) in [4.78, 5) is 11.9. The van der Waals surface area contributed by atoms with E-state index in [4.69, 9.17) is 4.74 Å². The minimum absolute atomic E-state index is 0. The lowest BCUT2D eigenvalue weighted by molar-refractivity contribution is 0.372. The van der Waals surface area contributed by atoms with Gasteiger partial charge in [0.15, 0.2) is 5.96 Å². The molecule has 0 aliphatic carbocycles. The van der Waals surface area contributed by atoms with E-state index in [9.17, 15) is 0 Å². The Balaban J connectivity index is 0.00000243. The number of hydrogen-bond acceptors (Lipinski definition) is 4. The molecule has 0 radical (unpaired) electrons. The van der Waals surface area contributed by atoms with Gasteiger partial charge in [0.05, 0.1) is 13.7 Å². The number of aliphatic imine (C=N–C) groups is 1. The number of anilines is 1. The number of methoxy groups -OCH3 is 1. The van der Waals surface area contributed by atoms with E-state index in [1.807, 2.05) is 30.5 Å². The second-order valence-electron chi connectivity index (χ2n) is 6.09. The van der Waals surface area contributed by atoms with E-state index in [1.165, 1.54) is 15.4 Å². The van der Waals surface area contributed by atoms with Crippen molar-refractivity contribution in [3.05, 3.63) is 46.2 Å². The van der Waals surface area contributed by atoms with Gasteiger partial charge in [0.1, 0.15) is 5.75 Å². The maximum Gasteiger partial charge on any atom is 0.194 e. The number of hydrogen-bond donors (Lipinski definition) is 1. The smallest absolute Gasteiger partial charge is 0.194 e. The molecule has 0 atom stereocenters. The summed E-state index contributed by atoms with van der Waals surface area (Å²) in [7, 11) is 3.57. The zero-order valence-corrected chi connectivity index (χ0v) is 18.7. The summed E-state index contributed by atoms with van der Waals surface area (Å²) in [6.07, 6.45) is 0. The number of nitrogens with zero attached hydrogens (tertiary/aromatic N) is 3. The minimum atomic E-state index is 0. The molecule has 7 heteroatoms. The highest BCUT2D eigenvalue weighted by Gasteiger charge is 2.20. The van der Waals surface area contributed by atoms with Gasteiger partial charge in [0.2, 0.25) is 0 Å². The van der Waals surface area contributed by atoms with Crippen molar-refractivity contribution in [1.29, 1.82) is 0 Å². The van der Waals surface area contributed by atoms with Crippen molar-refractivity contribution in [1.82, 2.24) is 10.2 Å². The van der Waals surface area contributed by atoms with Crippen molar-refractivity contribution >= 4 is 47.0 Å². The highest BCUT2D eigenvalue weighted by atomic mass is 127. The number of benzene rings is 1. The minimum Gasteiger partial charge on any atom is -0.497 e. The molecule has 1 aromatic heterocycles. The highest BCUT2D eigenvalue weighted by molar-refractivity contribution is 14.0. The average molecular weight is 486 g/mol. The molecular formula is C19H27IN4OS. The second kappa shape index (κ2) is 10.0.